The molecule has 1 N–H and O–H groups in total. The predicted molar refractivity (Wildman–Crippen MR) is 120 cm³/mol. The molecule has 11 nitrogen and oxygen atoms in total. The summed E-state index contributed by atoms with van der Waals surface area (Å²) in [6.07, 6.45) is 1.01. The van der Waals surface area contributed by atoms with E-state index in [4.69, 9.17) is 21.1 Å². The van der Waals surface area contributed by atoms with Crippen molar-refractivity contribution in [3.05, 3.63) is 57.1 Å². The number of ether oxygens (including phenoxy) is 2. The van der Waals surface area contributed by atoms with E-state index >= 15 is 0 Å². The first-order chi connectivity index (χ1) is 15.6. The van der Waals surface area contributed by atoms with Gasteiger partial charge in [-0.2, -0.15) is 0 Å². The molecule has 1 aliphatic heterocycles. The number of anilines is 2. The molecule has 0 aromatic heterocycles. The Morgan fingerprint density at radius 3 is 2.55 bits per heavy atom. The Bertz CT molecular complexity index is 1200. The van der Waals surface area contributed by atoms with Crippen molar-refractivity contribution in [1.29, 1.82) is 0 Å². The molecule has 1 saturated heterocycles. The number of amides is 1. The van der Waals surface area contributed by atoms with Crippen LogP contribution in [0.5, 0.6) is 0 Å². The molecular formula is C20H20ClN3O8S. The fourth-order valence-corrected chi connectivity index (χ4v) is 3.91. The standard InChI is InChI=1S/C20H20ClN3O8S/c1-33(29,30)14-3-4-15(21)16(11-14)22-19(25)12-32-20(26)13-2-5-17(18(10-13)24(27)28)23-6-8-31-9-7-23/h2-5,10-11H,6-9,12H2,1H3,(H,22,25). The Kier molecular flexibility index (Phi) is 7.51. The third-order valence-electron chi connectivity index (χ3n) is 4.73. The number of nitro groups is 1. The smallest absolute Gasteiger partial charge is 0.338 e. The van der Waals surface area contributed by atoms with Crippen molar-refractivity contribution < 1.29 is 32.4 Å². The van der Waals surface area contributed by atoms with Crippen LogP contribution in [-0.4, -0.2) is 64.4 Å². The molecule has 1 aliphatic rings. The molecular weight excluding hydrogens is 478 g/mol. The lowest BCUT2D eigenvalue weighted by Crippen LogP contribution is -2.36. The van der Waals surface area contributed by atoms with Crippen LogP contribution in [0.1, 0.15) is 10.4 Å². The Morgan fingerprint density at radius 2 is 1.91 bits per heavy atom. The van der Waals surface area contributed by atoms with Gasteiger partial charge in [-0.05, 0) is 30.3 Å². The summed E-state index contributed by atoms with van der Waals surface area (Å²) in [4.78, 5) is 37.2. The number of nitrogens with zero attached hydrogens (tertiary/aromatic N) is 2. The fourth-order valence-electron chi connectivity index (χ4n) is 3.10. The molecule has 0 bridgehead atoms. The van der Waals surface area contributed by atoms with Crippen LogP contribution in [0.3, 0.4) is 0 Å². The fraction of sp³-hybridized carbons (Fsp3) is 0.300. The first-order valence-corrected chi connectivity index (χ1v) is 11.9. The van der Waals surface area contributed by atoms with Crippen LogP contribution in [0.4, 0.5) is 17.1 Å². The van der Waals surface area contributed by atoms with E-state index in [1.54, 1.807) is 4.90 Å². The molecule has 0 saturated carbocycles. The van der Waals surface area contributed by atoms with E-state index in [0.717, 1.165) is 12.3 Å². The number of hydrogen-bond acceptors (Lipinski definition) is 9. The maximum Gasteiger partial charge on any atom is 0.338 e. The molecule has 0 atom stereocenters. The predicted octanol–water partition coefficient (Wildman–Crippen LogP) is 2.28. The topological polar surface area (TPSA) is 145 Å². The zero-order chi connectivity index (χ0) is 24.2. The van der Waals surface area contributed by atoms with Crippen LogP contribution in [-0.2, 0) is 24.1 Å². The molecule has 33 heavy (non-hydrogen) atoms. The Morgan fingerprint density at radius 1 is 1.21 bits per heavy atom. The number of halogens is 1. The van der Waals surface area contributed by atoms with Crippen LogP contribution in [0.15, 0.2) is 41.3 Å². The third kappa shape index (κ3) is 6.18. The van der Waals surface area contributed by atoms with Crippen LogP contribution < -0.4 is 10.2 Å². The van der Waals surface area contributed by atoms with E-state index in [9.17, 15) is 28.1 Å². The van der Waals surface area contributed by atoms with Crippen LogP contribution in [0, 0.1) is 10.1 Å². The molecule has 0 unspecified atom stereocenters. The van der Waals surface area contributed by atoms with Gasteiger partial charge in [-0.25, -0.2) is 13.2 Å². The summed E-state index contributed by atoms with van der Waals surface area (Å²) in [5.41, 5.74) is 0.0351. The number of nitro benzene ring substituents is 1. The van der Waals surface area contributed by atoms with Gasteiger partial charge in [0.2, 0.25) is 0 Å². The van der Waals surface area contributed by atoms with Crippen molar-refractivity contribution in [2.24, 2.45) is 0 Å². The van der Waals surface area contributed by atoms with Gasteiger partial charge in [-0.1, -0.05) is 11.6 Å². The number of rotatable bonds is 7. The van der Waals surface area contributed by atoms with Crippen molar-refractivity contribution in [2.75, 3.05) is 49.4 Å². The van der Waals surface area contributed by atoms with Crippen LogP contribution in [0.2, 0.25) is 5.02 Å². The highest BCUT2D eigenvalue weighted by atomic mass is 35.5. The summed E-state index contributed by atoms with van der Waals surface area (Å²) in [6.45, 7) is 1.12. The number of hydrogen-bond donors (Lipinski definition) is 1. The first kappa shape index (κ1) is 24.4. The van der Waals surface area contributed by atoms with Crippen molar-refractivity contribution in [3.63, 3.8) is 0 Å². The normalized spacial score (nSPS) is 13.9. The highest BCUT2D eigenvalue weighted by molar-refractivity contribution is 7.90. The minimum atomic E-state index is -3.52. The summed E-state index contributed by atoms with van der Waals surface area (Å²) in [7, 11) is -3.52. The van der Waals surface area contributed by atoms with Crippen molar-refractivity contribution in [3.8, 4) is 0 Å². The van der Waals surface area contributed by atoms with Gasteiger partial charge in [0.25, 0.3) is 11.6 Å². The molecule has 176 valence electrons. The molecule has 0 spiro atoms. The average molecular weight is 498 g/mol. The van der Waals surface area contributed by atoms with E-state index in [-0.39, 0.29) is 26.9 Å². The summed E-state index contributed by atoms with van der Waals surface area (Å²) in [5.74, 6) is -1.70. The molecule has 0 radical (unpaired) electrons. The first-order valence-electron chi connectivity index (χ1n) is 9.64. The highest BCUT2D eigenvalue weighted by Crippen LogP contribution is 2.30. The monoisotopic (exact) mass is 497 g/mol. The Hall–Kier alpha value is -3.22. The van der Waals surface area contributed by atoms with Gasteiger partial charge in [-0.3, -0.25) is 14.9 Å². The largest absolute Gasteiger partial charge is 0.452 e. The van der Waals surface area contributed by atoms with Crippen molar-refractivity contribution in [2.45, 2.75) is 4.90 Å². The van der Waals surface area contributed by atoms with Crippen LogP contribution >= 0.6 is 11.6 Å². The van der Waals surface area contributed by atoms with E-state index in [1.165, 1.54) is 30.3 Å². The summed E-state index contributed by atoms with van der Waals surface area (Å²) < 4.78 is 33.5. The number of benzene rings is 2. The number of carbonyl (C=O) groups excluding carboxylic acids is 2. The van der Waals surface area contributed by atoms with Gasteiger partial charge < -0.3 is 19.7 Å². The van der Waals surface area contributed by atoms with E-state index in [0.29, 0.717) is 32.0 Å². The second-order valence-electron chi connectivity index (χ2n) is 7.10. The van der Waals surface area contributed by atoms with Gasteiger partial charge in [0.1, 0.15) is 5.69 Å². The van der Waals surface area contributed by atoms with Crippen molar-refractivity contribution in [1.82, 2.24) is 0 Å². The molecule has 2 aromatic rings. The highest BCUT2D eigenvalue weighted by Gasteiger charge is 2.24. The van der Waals surface area contributed by atoms with Gasteiger partial charge in [0.15, 0.2) is 16.4 Å². The quantitative estimate of drug-likeness (QED) is 0.346. The molecule has 2 aromatic carbocycles. The second kappa shape index (κ2) is 10.1. The summed E-state index contributed by atoms with van der Waals surface area (Å²) in [5, 5.41) is 14.0. The number of carbonyl (C=O) groups is 2. The lowest BCUT2D eigenvalue weighted by molar-refractivity contribution is -0.384. The Balaban J connectivity index is 1.67. The number of esters is 1. The molecule has 3 rings (SSSR count). The third-order valence-corrected chi connectivity index (χ3v) is 6.17. The zero-order valence-electron chi connectivity index (χ0n) is 17.4. The van der Waals surface area contributed by atoms with Gasteiger partial charge >= 0.3 is 5.97 Å². The zero-order valence-corrected chi connectivity index (χ0v) is 19.0. The van der Waals surface area contributed by atoms with E-state index in [1.807, 2.05) is 0 Å². The van der Waals surface area contributed by atoms with Gasteiger partial charge in [0.05, 0.1) is 39.3 Å². The van der Waals surface area contributed by atoms with Crippen molar-refractivity contribution >= 4 is 50.4 Å². The van der Waals surface area contributed by atoms with E-state index in [2.05, 4.69) is 5.32 Å². The minimum Gasteiger partial charge on any atom is -0.452 e. The van der Waals surface area contributed by atoms with Crippen LogP contribution in [0.25, 0.3) is 0 Å². The summed E-state index contributed by atoms with van der Waals surface area (Å²) in [6, 6.07) is 7.72. The number of sulfone groups is 1. The minimum absolute atomic E-state index is 0.0335. The number of morpholine rings is 1. The SMILES string of the molecule is CS(=O)(=O)c1ccc(Cl)c(NC(=O)COC(=O)c2ccc(N3CCOCC3)c([N+](=O)[O-])c2)c1. The second-order valence-corrected chi connectivity index (χ2v) is 9.52. The van der Waals surface area contributed by atoms with E-state index < -0.39 is 33.2 Å². The number of nitrogens with one attached hydrogen (secondary N) is 1. The maximum absolute atomic E-state index is 12.4. The average Bonchev–Trinajstić information content (AvgIpc) is 2.78. The maximum atomic E-state index is 12.4. The van der Waals surface area contributed by atoms with Gasteiger partial charge in [0, 0.05) is 25.4 Å². The lowest BCUT2D eigenvalue weighted by Gasteiger charge is -2.28. The molecule has 13 heteroatoms. The molecule has 1 fully saturated rings. The Labute approximate surface area is 194 Å². The lowest BCUT2D eigenvalue weighted by atomic mass is 10.1. The molecule has 1 heterocycles. The summed E-state index contributed by atoms with van der Waals surface area (Å²) >= 11 is 5.98. The molecule has 0 aliphatic carbocycles. The van der Waals surface area contributed by atoms with Gasteiger partial charge in [-0.15, -0.1) is 0 Å². The molecule has 1 amide bonds.